The highest BCUT2D eigenvalue weighted by atomic mass is 16.2. The van der Waals surface area contributed by atoms with Gasteiger partial charge in [0.05, 0.1) is 17.4 Å². The molecule has 2 N–H and O–H groups in total. The first-order valence-corrected chi connectivity index (χ1v) is 9.19. The summed E-state index contributed by atoms with van der Waals surface area (Å²) in [5, 5.41) is 24.1. The number of amides is 1. The highest BCUT2D eigenvalue weighted by Gasteiger charge is 2.33. The lowest BCUT2D eigenvalue weighted by atomic mass is 10.0. The van der Waals surface area contributed by atoms with Gasteiger partial charge in [-0.2, -0.15) is 10.4 Å². The van der Waals surface area contributed by atoms with Crippen LogP contribution in [0.2, 0.25) is 0 Å². The molecule has 2 saturated heterocycles. The van der Waals surface area contributed by atoms with Gasteiger partial charge in [0.25, 0.3) is 5.91 Å². The Morgan fingerprint density at radius 1 is 1.36 bits per heavy atom. The summed E-state index contributed by atoms with van der Waals surface area (Å²) in [4.78, 5) is 19.5. The fourth-order valence-electron chi connectivity index (χ4n) is 4.05. The van der Waals surface area contributed by atoms with E-state index in [-0.39, 0.29) is 11.6 Å². The molecule has 0 aliphatic carbocycles. The van der Waals surface area contributed by atoms with E-state index in [1.807, 2.05) is 6.07 Å². The average Bonchev–Trinajstić information content (AvgIpc) is 3.37. The molecule has 3 aromatic rings. The van der Waals surface area contributed by atoms with Crippen molar-refractivity contribution < 1.29 is 4.79 Å². The quantitative estimate of drug-likeness (QED) is 0.678. The van der Waals surface area contributed by atoms with Crippen LogP contribution < -0.4 is 15.5 Å². The van der Waals surface area contributed by atoms with Gasteiger partial charge in [-0.25, -0.2) is 9.50 Å². The summed E-state index contributed by atoms with van der Waals surface area (Å²) in [7, 11) is 1.70. The first-order valence-electron chi connectivity index (χ1n) is 9.19. The molecule has 2 aliphatic rings. The van der Waals surface area contributed by atoms with Crippen molar-refractivity contribution in [3.8, 4) is 6.07 Å². The van der Waals surface area contributed by atoms with Crippen LogP contribution >= 0.6 is 0 Å². The highest BCUT2D eigenvalue weighted by Crippen LogP contribution is 2.25. The molecule has 2 aliphatic heterocycles. The maximum absolute atomic E-state index is 12.8. The van der Waals surface area contributed by atoms with Crippen LogP contribution in [0, 0.1) is 17.2 Å². The fourth-order valence-corrected chi connectivity index (χ4v) is 4.05. The van der Waals surface area contributed by atoms with Gasteiger partial charge in [0.15, 0.2) is 5.69 Å². The number of nitrogens with zero attached hydrogens (tertiary/aromatic N) is 7. The SMILES string of the molecule is Cn1cc(NC(=O)c2ccc3cnc(N4C[C@H]5CN[C@H](C5)C4)nn23)c(C#N)n1. The number of aromatic nitrogens is 5. The molecule has 3 aromatic heterocycles. The Bertz CT molecular complexity index is 1100. The fraction of sp³-hybridized carbons (Fsp3) is 0.389. The number of carbonyl (C=O) groups is 1. The predicted octanol–water partition coefficient (Wildman–Crippen LogP) is 0.385. The molecule has 2 atom stereocenters. The van der Waals surface area contributed by atoms with Crippen molar-refractivity contribution >= 4 is 23.1 Å². The molecule has 0 aromatic carbocycles. The molecule has 2 fully saturated rings. The Morgan fingerprint density at radius 2 is 2.25 bits per heavy atom. The second kappa shape index (κ2) is 6.31. The van der Waals surface area contributed by atoms with E-state index in [1.54, 1.807) is 36.1 Å². The van der Waals surface area contributed by atoms with E-state index < -0.39 is 0 Å². The van der Waals surface area contributed by atoms with Crippen LogP contribution in [-0.2, 0) is 7.05 Å². The summed E-state index contributed by atoms with van der Waals surface area (Å²) in [5.41, 5.74) is 1.66. The summed E-state index contributed by atoms with van der Waals surface area (Å²) < 4.78 is 3.09. The largest absolute Gasteiger partial charge is 0.338 e. The minimum absolute atomic E-state index is 0.170. The van der Waals surface area contributed by atoms with Gasteiger partial charge >= 0.3 is 0 Å². The van der Waals surface area contributed by atoms with E-state index in [0.717, 1.165) is 25.2 Å². The summed E-state index contributed by atoms with van der Waals surface area (Å²) in [5.74, 6) is 0.880. The Labute approximate surface area is 160 Å². The Kier molecular flexibility index (Phi) is 3.77. The second-order valence-electron chi connectivity index (χ2n) is 7.36. The number of rotatable bonds is 3. The standard InChI is InChI=1S/C18H19N9O/c1-25-10-15(14(5-19)23-25)22-17(28)16-3-2-13-7-21-18(24-27(13)16)26-8-11-4-12(9-26)20-6-11/h2-3,7,10-12,20H,4,6,8-9H2,1H3,(H,22,28)/t11-,12-/m1/s1. The molecular formula is C18H19N9O. The van der Waals surface area contributed by atoms with Gasteiger partial charge in [0.1, 0.15) is 11.8 Å². The zero-order chi connectivity index (χ0) is 19.3. The van der Waals surface area contributed by atoms with Crippen molar-refractivity contribution in [3.63, 3.8) is 0 Å². The van der Waals surface area contributed by atoms with E-state index in [9.17, 15) is 4.79 Å². The second-order valence-corrected chi connectivity index (χ2v) is 7.36. The molecule has 10 nitrogen and oxygen atoms in total. The number of anilines is 2. The number of nitriles is 1. The molecule has 28 heavy (non-hydrogen) atoms. The molecule has 0 spiro atoms. The van der Waals surface area contributed by atoms with Crippen LogP contribution in [0.25, 0.3) is 5.52 Å². The number of fused-ring (bicyclic) bond motifs is 3. The number of aryl methyl sites for hydroxylation is 1. The molecule has 2 bridgehead atoms. The van der Waals surface area contributed by atoms with Crippen LogP contribution in [0.4, 0.5) is 11.6 Å². The van der Waals surface area contributed by atoms with E-state index in [1.165, 1.54) is 11.1 Å². The maximum atomic E-state index is 12.8. The summed E-state index contributed by atoms with van der Waals surface area (Å²) in [6.07, 6.45) is 4.53. The molecule has 0 radical (unpaired) electrons. The number of piperidine rings is 1. The van der Waals surface area contributed by atoms with Crippen LogP contribution in [-0.4, -0.2) is 56.0 Å². The first-order chi connectivity index (χ1) is 13.6. The average molecular weight is 377 g/mol. The lowest BCUT2D eigenvalue weighted by molar-refractivity contribution is 0.102. The Hall–Kier alpha value is -3.45. The van der Waals surface area contributed by atoms with Crippen molar-refractivity contribution in [3.05, 3.63) is 35.9 Å². The van der Waals surface area contributed by atoms with Crippen molar-refractivity contribution in [2.45, 2.75) is 12.5 Å². The number of carbonyl (C=O) groups excluding carboxylic acids is 1. The molecule has 142 valence electrons. The number of hydrogen-bond donors (Lipinski definition) is 2. The molecule has 5 heterocycles. The topological polar surface area (TPSA) is 116 Å². The van der Waals surface area contributed by atoms with Gasteiger partial charge in [0, 0.05) is 38.9 Å². The minimum atomic E-state index is -0.352. The van der Waals surface area contributed by atoms with Gasteiger partial charge in [-0.3, -0.25) is 9.48 Å². The van der Waals surface area contributed by atoms with Crippen molar-refractivity contribution in [1.29, 1.82) is 5.26 Å². The molecular weight excluding hydrogens is 358 g/mol. The van der Waals surface area contributed by atoms with Crippen molar-refractivity contribution in [2.75, 3.05) is 29.9 Å². The Morgan fingerprint density at radius 3 is 3.07 bits per heavy atom. The summed E-state index contributed by atoms with van der Waals surface area (Å²) in [6, 6.07) is 5.95. The van der Waals surface area contributed by atoms with Gasteiger partial charge in [0.2, 0.25) is 5.95 Å². The first kappa shape index (κ1) is 16.7. The number of nitrogens with one attached hydrogen (secondary N) is 2. The number of hydrogen-bond acceptors (Lipinski definition) is 7. The van der Waals surface area contributed by atoms with E-state index >= 15 is 0 Å². The lowest BCUT2D eigenvalue weighted by Crippen LogP contribution is -2.42. The summed E-state index contributed by atoms with van der Waals surface area (Å²) in [6.45, 7) is 2.82. The molecule has 0 saturated carbocycles. The third-order valence-corrected chi connectivity index (χ3v) is 5.32. The maximum Gasteiger partial charge on any atom is 0.274 e. The third-order valence-electron chi connectivity index (χ3n) is 5.32. The smallest absolute Gasteiger partial charge is 0.274 e. The van der Waals surface area contributed by atoms with Gasteiger partial charge in [-0.15, -0.1) is 5.10 Å². The highest BCUT2D eigenvalue weighted by molar-refractivity contribution is 6.04. The van der Waals surface area contributed by atoms with Crippen LogP contribution in [0.1, 0.15) is 22.6 Å². The minimum Gasteiger partial charge on any atom is -0.338 e. The Balaban J connectivity index is 1.45. The predicted molar refractivity (Wildman–Crippen MR) is 101 cm³/mol. The molecule has 5 rings (SSSR count). The van der Waals surface area contributed by atoms with Crippen LogP contribution in [0.3, 0.4) is 0 Å². The lowest BCUT2D eigenvalue weighted by Gasteiger charge is -2.30. The molecule has 0 unspecified atom stereocenters. The van der Waals surface area contributed by atoms with Crippen LogP contribution in [0.15, 0.2) is 24.5 Å². The van der Waals surface area contributed by atoms with Crippen molar-refractivity contribution in [1.82, 2.24) is 29.7 Å². The van der Waals surface area contributed by atoms with Gasteiger partial charge < -0.3 is 15.5 Å². The monoisotopic (exact) mass is 377 g/mol. The van der Waals surface area contributed by atoms with Gasteiger partial charge in [-0.05, 0) is 24.5 Å². The zero-order valence-corrected chi connectivity index (χ0v) is 15.3. The van der Waals surface area contributed by atoms with Crippen molar-refractivity contribution in [2.24, 2.45) is 13.0 Å². The molecule has 10 heteroatoms. The van der Waals surface area contributed by atoms with E-state index in [4.69, 9.17) is 5.26 Å². The normalized spacial score (nSPS) is 21.1. The summed E-state index contributed by atoms with van der Waals surface area (Å²) >= 11 is 0. The zero-order valence-electron chi connectivity index (χ0n) is 15.3. The molecule has 1 amide bonds. The van der Waals surface area contributed by atoms with Gasteiger partial charge in [-0.1, -0.05) is 0 Å². The third kappa shape index (κ3) is 2.76. The van der Waals surface area contributed by atoms with E-state index in [2.05, 4.69) is 30.7 Å². The van der Waals surface area contributed by atoms with Crippen LogP contribution in [0.5, 0.6) is 0 Å². The van der Waals surface area contributed by atoms with E-state index in [0.29, 0.717) is 29.3 Å².